The molecule has 1 aliphatic heterocycles. The number of hydrogen-bond donors (Lipinski definition) is 0. The molecule has 0 radical (unpaired) electrons. The van der Waals surface area contributed by atoms with Crippen LogP contribution in [0.25, 0.3) is 87.3 Å². The molecule has 2 aromatic heterocycles. The quantitative estimate of drug-likeness (QED) is 0.167. The molecule has 0 saturated carbocycles. The topological polar surface area (TPSA) is 25.8 Å². The van der Waals surface area contributed by atoms with Crippen LogP contribution in [0.15, 0.2) is 170 Å². The van der Waals surface area contributed by atoms with Crippen LogP contribution in [0.4, 0.5) is 0 Å². The van der Waals surface area contributed by atoms with Gasteiger partial charge >= 0.3 is 0 Å². The number of nitrogens with zero attached hydrogens (tertiary/aromatic N) is 2. The van der Waals surface area contributed by atoms with E-state index in [9.17, 15) is 0 Å². The van der Waals surface area contributed by atoms with Crippen LogP contribution in [0.1, 0.15) is 0 Å². The van der Waals surface area contributed by atoms with Gasteiger partial charge in [-0.2, -0.15) is 0 Å². The van der Waals surface area contributed by atoms with Crippen molar-refractivity contribution >= 4 is 50.1 Å². The van der Waals surface area contributed by atoms with Gasteiger partial charge in [0.25, 0.3) is 0 Å². The van der Waals surface area contributed by atoms with Gasteiger partial charge in [-0.15, -0.1) is 11.3 Å². The zero-order valence-electron chi connectivity index (χ0n) is 29.0. The number of aromatic nitrogens is 2. The lowest BCUT2D eigenvalue weighted by molar-refractivity contribution is 1.21. The predicted octanol–water partition coefficient (Wildman–Crippen LogP) is 12.0. The third-order valence-electron chi connectivity index (χ3n) is 10.7. The molecule has 52 heavy (non-hydrogen) atoms. The van der Waals surface area contributed by atoms with E-state index in [0.717, 1.165) is 22.6 Å². The zero-order valence-corrected chi connectivity index (χ0v) is 30.8. The van der Waals surface area contributed by atoms with Gasteiger partial charge < -0.3 is 0 Å². The highest BCUT2D eigenvalue weighted by atomic mass is 32.1. The van der Waals surface area contributed by atoms with Crippen molar-refractivity contribution in [2.75, 3.05) is 0 Å². The van der Waals surface area contributed by atoms with E-state index in [4.69, 9.17) is 9.97 Å². The smallest absolute Gasteiger partial charge is 0.160 e. The summed E-state index contributed by atoms with van der Waals surface area (Å²) in [6.45, 7) is 4.88. The van der Waals surface area contributed by atoms with Crippen LogP contribution < -0.4 is 10.5 Å². The Bertz CT molecular complexity index is 2820. The Balaban J connectivity index is 1.12. The third kappa shape index (κ3) is 4.98. The minimum Gasteiger partial charge on any atom is -0.237 e. The fourth-order valence-electron chi connectivity index (χ4n) is 8.04. The van der Waals surface area contributed by atoms with Crippen molar-refractivity contribution in [2.45, 2.75) is 13.1 Å². The average Bonchev–Trinajstić information content (AvgIpc) is 3.70. The number of hydrogen-bond acceptors (Lipinski definition) is 3. The van der Waals surface area contributed by atoms with Gasteiger partial charge in [-0.1, -0.05) is 159 Å². The van der Waals surface area contributed by atoms with E-state index >= 15 is 0 Å². The van der Waals surface area contributed by atoms with Gasteiger partial charge in [0.15, 0.2) is 5.82 Å². The van der Waals surface area contributed by atoms with E-state index in [2.05, 4.69) is 183 Å². The molecule has 0 unspecified atom stereocenters. The van der Waals surface area contributed by atoms with Gasteiger partial charge in [-0.05, 0) is 68.4 Å². The van der Waals surface area contributed by atoms with Crippen LogP contribution in [0.3, 0.4) is 0 Å². The fraction of sp³-hybridized carbons (Fsp3) is 0.0417. The third-order valence-corrected chi connectivity index (χ3v) is 15.1. The Labute approximate surface area is 308 Å². The maximum Gasteiger partial charge on any atom is 0.160 e. The van der Waals surface area contributed by atoms with E-state index in [0.29, 0.717) is 0 Å². The van der Waals surface area contributed by atoms with E-state index in [1.165, 1.54) is 75.2 Å². The Hall–Kier alpha value is -5.94. The summed E-state index contributed by atoms with van der Waals surface area (Å²) in [5.41, 5.74) is 12.9. The molecule has 4 heteroatoms. The number of rotatable bonds is 5. The summed E-state index contributed by atoms with van der Waals surface area (Å²) < 4.78 is 2.55. The van der Waals surface area contributed by atoms with E-state index < -0.39 is 8.07 Å². The standard InChI is InChI=1S/C48H34N2SSi/c1-52(2)43-24-9-7-20-39(43)45-46(49-47(50-48(45)52)40-21-12-23-42-44(40)38-19-6-8-22-41(38)51-42)37-18-11-17-36(30-37)35-16-10-15-34(29-35)33-27-25-32(26-28-33)31-13-4-3-5-14-31/h3-30H,1-2H3. The summed E-state index contributed by atoms with van der Waals surface area (Å²) in [5, 5.41) is 5.15. The Kier molecular flexibility index (Phi) is 7.17. The molecule has 10 rings (SSSR count). The maximum absolute atomic E-state index is 5.53. The molecule has 0 N–H and O–H groups in total. The highest BCUT2D eigenvalue weighted by Gasteiger charge is 2.41. The average molecular weight is 699 g/mol. The van der Waals surface area contributed by atoms with Crippen molar-refractivity contribution in [3.8, 4) is 67.2 Å². The summed E-state index contributed by atoms with van der Waals surface area (Å²) in [6.07, 6.45) is 0. The molecule has 3 heterocycles. The van der Waals surface area contributed by atoms with Crippen LogP contribution >= 0.6 is 11.3 Å². The molecule has 0 spiro atoms. The molecule has 246 valence electrons. The molecule has 0 saturated heterocycles. The largest absolute Gasteiger partial charge is 0.237 e. The lowest BCUT2D eigenvalue weighted by atomic mass is 9.94. The molecular weight excluding hydrogens is 665 g/mol. The van der Waals surface area contributed by atoms with E-state index in [1.807, 2.05) is 11.3 Å². The van der Waals surface area contributed by atoms with Crippen molar-refractivity contribution in [3.05, 3.63) is 170 Å². The number of benzene rings is 7. The summed E-state index contributed by atoms with van der Waals surface area (Å²) in [4.78, 5) is 11.1. The minimum atomic E-state index is -2.11. The van der Waals surface area contributed by atoms with Crippen molar-refractivity contribution < 1.29 is 0 Å². The predicted molar refractivity (Wildman–Crippen MR) is 224 cm³/mol. The van der Waals surface area contributed by atoms with Crippen molar-refractivity contribution in [2.24, 2.45) is 0 Å². The number of thiophene rings is 1. The van der Waals surface area contributed by atoms with E-state index in [-0.39, 0.29) is 0 Å². The SMILES string of the molecule is C[Si]1(C)c2ccccc2-c2c(-c3cccc(-c4cccc(-c5ccc(-c6ccccc6)cc5)c4)c3)nc(-c3cccc4sc5ccccc5c34)nc21. The normalized spacial score (nSPS) is 13.0. The first kappa shape index (κ1) is 30.8. The van der Waals surface area contributed by atoms with Gasteiger partial charge in [-0.3, -0.25) is 0 Å². The lowest BCUT2D eigenvalue weighted by Gasteiger charge is -2.19. The van der Waals surface area contributed by atoms with Crippen LogP contribution in [0.5, 0.6) is 0 Å². The van der Waals surface area contributed by atoms with E-state index in [1.54, 1.807) is 0 Å². The summed E-state index contributed by atoms with van der Waals surface area (Å²) in [7, 11) is -2.11. The first-order valence-corrected chi connectivity index (χ1v) is 21.6. The van der Waals surface area contributed by atoms with Crippen LogP contribution in [0.2, 0.25) is 13.1 Å². The second-order valence-corrected chi connectivity index (χ2v) is 19.5. The monoisotopic (exact) mass is 698 g/mol. The molecule has 0 bridgehead atoms. The zero-order chi connectivity index (χ0) is 34.8. The molecule has 0 fully saturated rings. The first-order chi connectivity index (χ1) is 25.5. The summed E-state index contributed by atoms with van der Waals surface area (Å²) in [6, 6.07) is 61.5. The maximum atomic E-state index is 5.53. The Morgan fingerprint density at radius 3 is 1.77 bits per heavy atom. The molecule has 1 aliphatic rings. The Morgan fingerprint density at radius 1 is 0.442 bits per heavy atom. The van der Waals surface area contributed by atoms with Crippen LogP contribution in [0, 0.1) is 0 Å². The molecule has 9 aromatic rings. The van der Waals surface area contributed by atoms with Gasteiger partial charge in [0.1, 0.15) is 8.07 Å². The van der Waals surface area contributed by atoms with Crippen molar-refractivity contribution in [1.82, 2.24) is 9.97 Å². The van der Waals surface area contributed by atoms with Gasteiger partial charge in [0, 0.05) is 42.2 Å². The fourth-order valence-corrected chi connectivity index (χ4v) is 12.1. The van der Waals surface area contributed by atoms with Gasteiger partial charge in [0.2, 0.25) is 0 Å². The highest BCUT2D eigenvalue weighted by Crippen LogP contribution is 2.42. The Morgan fingerprint density at radius 2 is 0.981 bits per heavy atom. The van der Waals surface area contributed by atoms with Gasteiger partial charge in [0.05, 0.1) is 5.69 Å². The number of fused-ring (bicyclic) bond motifs is 6. The molecular formula is C48H34N2SSi. The first-order valence-electron chi connectivity index (χ1n) is 17.8. The summed E-state index contributed by atoms with van der Waals surface area (Å²) >= 11 is 1.84. The van der Waals surface area contributed by atoms with Crippen LogP contribution in [-0.4, -0.2) is 18.0 Å². The molecule has 0 amide bonds. The second kappa shape index (κ2) is 12.1. The minimum absolute atomic E-state index is 0.808. The molecule has 2 nitrogen and oxygen atoms in total. The van der Waals surface area contributed by atoms with Gasteiger partial charge in [-0.25, -0.2) is 9.97 Å². The molecule has 0 aliphatic carbocycles. The molecule has 7 aromatic carbocycles. The van der Waals surface area contributed by atoms with Crippen molar-refractivity contribution in [3.63, 3.8) is 0 Å². The van der Waals surface area contributed by atoms with Crippen molar-refractivity contribution in [1.29, 1.82) is 0 Å². The summed E-state index contributed by atoms with van der Waals surface area (Å²) in [5.74, 6) is 0.808. The van der Waals surface area contributed by atoms with Crippen LogP contribution in [-0.2, 0) is 0 Å². The molecule has 0 atom stereocenters. The second-order valence-electron chi connectivity index (χ2n) is 14.2. The lowest BCUT2D eigenvalue weighted by Crippen LogP contribution is -2.50. The highest BCUT2D eigenvalue weighted by molar-refractivity contribution is 7.25.